The Morgan fingerprint density at radius 3 is 2.42 bits per heavy atom. The molecule has 0 fully saturated rings. The van der Waals surface area contributed by atoms with Crippen LogP contribution in [0.25, 0.3) is 0 Å². The molecule has 6 nitrogen and oxygen atoms in total. The fourth-order valence-electron chi connectivity index (χ4n) is 0.449. The first-order valence-corrected chi connectivity index (χ1v) is 4.99. The van der Waals surface area contributed by atoms with Crippen LogP contribution in [0.1, 0.15) is 6.92 Å². The van der Waals surface area contributed by atoms with Gasteiger partial charge in [0.1, 0.15) is 0 Å². The second kappa shape index (κ2) is 4.73. The molecule has 0 aliphatic rings. The first kappa shape index (κ1) is 11.8. The van der Waals surface area contributed by atoms with Crippen LogP contribution in [0.4, 0.5) is 0 Å². The molecule has 5 N–H and O–H groups in total. The monoisotopic (exact) mass is 197 g/mol. The number of nitrogens with one attached hydrogen (secondary N) is 2. The molecule has 0 heterocycles. The molecule has 0 bridgehead atoms. The zero-order valence-electron chi connectivity index (χ0n) is 7.11. The summed E-state index contributed by atoms with van der Waals surface area (Å²) in [6, 6.07) is -0.590. The van der Waals surface area contributed by atoms with Gasteiger partial charge in [0.05, 0.1) is 6.10 Å². The van der Waals surface area contributed by atoms with Gasteiger partial charge in [0, 0.05) is 19.6 Å². The van der Waals surface area contributed by atoms with Crippen molar-refractivity contribution in [3.05, 3.63) is 0 Å². The number of aliphatic hydroxyl groups excluding tert-OH is 1. The third-order valence-electron chi connectivity index (χ3n) is 1.40. The first-order valence-electron chi connectivity index (χ1n) is 3.51. The summed E-state index contributed by atoms with van der Waals surface area (Å²) < 4.78 is 25.8. The summed E-state index contributed by atoms with van der Waals surface area (Å²) in [6.45, 7) is 1.51. The Morgan fingerprint density at radius 2 is 2.08 bits per heavy atom. The van der Waals surface area contributed by atoms with Crippen LogP contribution in [0, 0.1) is 0 Å². The van der Waals surface area contributed by atoms with Gasteiger partial charge < -0.3 is 10.8 Å². The summed E-state index contributed by atoms with van der Waals surface area (Å²) in [4.78, 5) is 0. The van der Waals surface area contributed by atoms with Crippen LogP contribution in [0.5, 0.6) is 0 Å². The van der Waals surface area contributed by atoms with Gasteiger partial charge in [-0.05, 0) is 6.92 Å². The van der Waals surface area contributed by atoms with Gasteiger partial charge in [-0.25, -0.2) is 9.44 Å². The van der Waals surface area contributed by atoms with E-state index >= 15 is 0 Å². The zero-order chi connectivity index (χ0) is 9.78. The van der Waals surface area contributed by atoms with Gasteiger partial charge in [-0.15, -0.1) is 0 Å². The predicted octanol–water partition coefficient (Wildman–Crippen LogP) is -2.25. The van der Waals surface area contributed by atoms with Crippen molar-refractivity contribution >= 4 is 10.2 Å². The van der Waals surface area contributed by atoms with Crippen LogP contribution in [0.3, 0.4) is 0 Å². The minimum atomic E-state index is -3.44. The fraction of sp³-hybridized carbons (Fsp3) is 1.00. The molecule has 0 saturated carbocycles. The largest absolute Gasteiger partial charge is 0.392 e. The summed E-state index contributed by atoms with van der Waals surface area (Å²) in [7, 11) is -2.15. The van der Waals surface area contributed by atoms with E-state index < -0.39 is 22.4 Å². The van der Waals surface area contributed by atoms with Crippen molar-refractivity contribution < 1.29 is 13.5 Å². The van der Waals surface area contributed by atoms with E-state index in [1.807, 2.05) is 0 Å². The van der Waals surface area contributed by atoms with Crippen molar-refractivity contribution in [2.24, 2.45) is 5.73 Å². The van der Waals surface area contributed by atoms with Gasteiger partial charge in [0.15, 0.2) is 0 Å². The number of nitrogens with two attached hydrogens (primary N) is 1. The van der Waals surface area contributed by atoms with E-state index in [9.17, 15) is 8.42 Å². The molecule has 0 aliphatic carbocycles. The molecule has 2 unspecified atom stereocenters. The molecule has 0 rings (SSSR count). The van der Waals surface area contributed by atoms with Crippen LogP contribution in [-0.2, 0) is 10.2 Å². The lowest BCUT2D eigenvalue weighted by Crippen LogP contribution is -2.46. The molecule has 0 aromatic carbocycles. The third-order valence-corrected chi connectivity index (χ3v) is 2.48. The topological polar surface area (TPSA) is 104 Å². The molecule has 0 aliphatic heterocycles. The van der Waals surface area contributed by atoms with Gasteiger partial charge >= 0.3 is 0 Å². The van der Waals surface area contributed by atoms with E-state index in [1.54, 1.807) is 0 Å². The fourth-order valence-corrected chi connectivity index (χ4v) is 1.00. The summed E-state index contributed by atoms with van der Waals surface area (Å²) >= 11 is 0. The van der Waals surface area contributed by atoms with E-state index in [0.717, 1.165) is 0 Å². The van der Waals surface area contributed by atoms with Crippen LogP contribution in [0.15, 0.2) is 0 Å². The molecule has 0 aromatic heterocycles. The Kier molecular flexibility index (Phi) is 4.64. The maximum atomic E-state index is 10.8. The van der Waals surface area contributed by atoms with E-state index in [2.05, 4.69) is 9.44 Å². The lowest BCUT2D eigenvalue weighted by atomic mass is 10.2. The van der Waals surface area contributed by atoms with Crippen LogP contribution >= 0.6 is 0 Å². The molecule has 0 amide bonds. The number of aliphatic hydroxyl groups is 1. The second-order valence-corrected chi connectivity index (χ2v) is 4.16. The van der Waals surface area contributed by atoms with Gasteiger partial charge in [-0.2, -0.15) is 8.42 Å². The predicted molar refractivity (Wildman–Crippen MR) is 45.6 cm³/mol. The minimum absolute atomic E-state index is 0.0147. The quantitative estimate of drug-likeness (QED) is 0.399. The molecule has 12 heavy (non-hydrogen) atoms. The molecule has 0 saturated heterocycles. The Labute approximate surface area is 72.3 Å². The lowest BCUT2D eigenvalue weighted by molar-refractivity contribution is 0.164. The van der Waals surface area contributed by atoms with Crippen molar-refractivity contribution in [3.8, 4) is 0 Å². The second-order valence-electron chi connectivity index (χ2n) is 2.46. The normalized spacial score (nSPS) is 17.3. The highest BCUT2D eigenvalue weighted by atomic mass is 32.2. The van der Waals surface area contributed by atoms with E-state index in [-0.39, 0.29) is 6.54 Å². The highest BCUT2D eigenvalue weighted by Crippen LogP contribution is 1.86. The Hall–Kier alpha value is -0.210. The number of rotatable bonds is 5. The van der Waals surface area contributed by atoms with Crippen LogP contribution in [0.2, 0.25) is 0 Å². The maximum Gasteiger partial charge on any atom is 0.276 e. The van der Waals surface area contributed by atoms with Crippen molar-refractivity contribution in [2.75, 3.05) is 13.6 Å². The van der Waals surface area contributed by atoms with E-state index in [4.69, 9.17) is 10.8 Å². The molecular formula is C5H15N3O3S. The molecule has 2 atom stereocenters. The molecule has 0 aromatic rings. The van der Waals surface area contributed by atoms with Crippen molar-refractivity contribution in [2.45, 2.75) is 19.1 Å². The van der Waals surface area contributed by atoms with Crippen molar-refractivity contribution in [1.29, 1.82) is 0 Å². The molecule has 74 valence electrons. The Bertz CT molecular complexity index is 214. The molecule has 0 spiro atoms. The third kappa shape index (κ3) is 4.62. The number of hydrogen-bond donors (Lipinski definition) is 4. The molecule has 7 heteroatoms. The van der Waals surface area contributed by atoms with Crippen molar-refractivity contribution in [3.63, 3.8) is 0 Å². The van der Waals surface area contributed by atoms with Crippen LogP contribution < -0.4 is 15.2 Å². The smallest absolute Gasteiger partial charge is 0.276 e. The first-order chi connectivity index (χ1) is 5.39. The summed E-state index contributed by atoms with van der Waals surface area (Å²) in [5, 5.41) is 8.91. The van der Waals surface area contributed by atoms with Crippen LogP contribution in [-0.4, -0.2) is 39.3 Å². The van der Waals surface area contributed by atoms with Gasteiger partial charge in [-0.3, -0.25) is 0 Å². The standard InChI is InChI=1S/C5H15N3O3S/c1-4(9)5(6)3-8-12(10,11)7-2/h4-5,7-9H,3,6H2,1-2H3. The maximum absolute atomic E-state index is 10.8. The summed E-state index contributed by atoms with van der Waals surface area (Å²) in [5.41, 5.74) is 5.37. The summed E-state index contributed by atoms with van der Waals surface area (Å²) in [5.74, 6) is 0. The highest BCUT2D eigenvalue weighted by molar-refractivity contribution is 7.87. The highest BCUT2D eigenvalue weighted by Gasteiger charge is 2.12. The Morgan fingerprint density at radius 1 is 1.58 bits per heavy atom. The van der Waals surface area contributed by atoms with Gasteiger partial charge in [0.25, 0.3) is 10.2 Å². The molecular weight excluding hydrogens is 182 g/mol. The average Bonchev–Trinajstić information content (AvgIpc) is 2.00. The van der Waals surface area contributed by atoms with Gasteiger partial charge in [0.2, 0.25) is 0 Å². The lowest BCUT2D eigenvalue weighted by Gasteiger charge is -2.14. The molecule has 0 radical (unpaired) electrons. The zero-order valence-corrected chi connectivity index (χ0v) is 7.93. The average molecular weight is 197 g/mol. The SMILES string of the molecule is CNS(=O)(=O)NCC(N)C(C)O. The van der Waals surface area contributed by atoms with E-state index in [1.165, 1.54) is 14.0 Å². The van der Waals surface area contributed by atoms with E-state index in [0.29, 0.717) is 0 Å². The van der Waals surface area contributed by atoms with Crippen molar-refractivity contribution in [1.82, 2.24) is 9.44 Å². The van der Waals surface area contributed by atoms with Gasteiger partial charge in [-0.1, -0.05) is 0 Å². The minimum Gasteiger partial charge on any atom is -0.392 e. The Balaban J connectivity index is 3.84. The number of hydrogen-bond acceptors (Lipinski definition) is 4. The summed E-state index contributed by atoms with van der Waals surface area (Å²) in [6.07, 6.45) is -0.732.